The number of hydrogen-bond acceptors (Lipinski definition) is 3. The largest absolute Gasteiger partial charge is 0.392 e. The molecule has 0 aliphatic carbocycles. The minimum atomic E-state index is -0.123. The third kappa shape index (κ3) is 3.29. The van der Waals surface area contributed by atoms with Crippen molar-refractivity contribution in [2.45, 2.75) is 25.4 Å². The molecule has 1 aliphatic heterocycles. The predicted octanol–water partition coefficient (Wildman–Crippen LogP) is 1.08. The van der Waals surface area contributed by atoms with Gasteiger partial charge in [-0.25, -0.2) is 0 Å². The molecule has 3 nitrogen and oxygen atoms in total. The van der Waals surface area contributed by atoms with E-state index in [2.05, 4.69) is 16.0 Å². The molecule has 2 heterocycles. The minimum Gasteiger partial charge on any atom is -0.392 e. The van der Waals surface area contributed by atoms with E-state index in [9.17, 15) is 5.11 Å². The summed E-state index contributed by atoms with van der Waals surface area (Å²) >= 11 is 0. The third-order valence-electron chi connectivity index (χ3n) is 2.89. The van der Waals surface area contributed by atoms with E-state index in [0.29, 0.717) is 0 Å². The van der Waals surface area contributed by atoms with Crippen molar-refractivity contribution in [3.05, 3.63) is 30.1 Å². The Morgan fingerprint density at radius 1 is 1.47 bits per heavy atom. The highest BCUT2D eigenvalue weighted by Crippen LogP contribution is 2.10. The Labute approximate surface area is 90.8 Å². The number of nitrogens with zero attached hydrogens (tertiary/aromatic N) is 2. The van der Waals surface area contributed by atoms with E-state index in [0.717, 1.165) is 44.6 Å². The predicted molar refractivity (Wildman–Crippen MR) is 59.6 cm³/mol. The van der Waals surface area contributed by atoms with Crippen molar-refractivity contribution in [1.82, 2.24) is 9.88 Å². The lowest BCUT2D eigenvalue weighted by molar-refractivity contribution is 0.0712. The molecular formula is C12H18N2O. The van der Waals surface area contributed by atoms with Crippen LogP contribution in [0.25, 0.3) is 0 Å². The number of aromatic nitrogens is 1. The molecule has 1 aromatic rings. The second kappa shape index (κ2) is 5.24. The van der Waals surface area contributed by atoms with E-state index in [4.69, 9.17) is 0 Å². The molecule has 1 fully saturated rings. The van der Waals surface area contributed by atoms with Crippen molar-refractivity contribution in [1.29, 1.82) is 0 Å². The summed E-state index contributed by atoms with van der Waals surface area (Å²) in [6.07, 6.45) is 4.76. The fourth-order valence-corrected chi connectivity index (χ4v) is 2.05. The molecule has 0 bridgehead atoms. The average Bonchev–Trinajstić information content (AvgIpc) is 2.28. The monoisotopic (exact) mass is 206 g/mol. The number of likely N-dealkylation sites (tertiary alicyclic amines) is 1. The number of aliphatic hydroxyl groups excluding tert-OH is 1. The maximum absolute atomic E-state index is 9.52. The molecule has 0 amide bonds. The smallest absolute Gasteiger partial charge is 0.0667 e. The van der Waals surface area contributed by atoms with Crippen molar-refractivity contribution in [2.75, 3.05) is 19.6 Å². The van der Waals surface area contributed by atoms with Gasteiger partial charge in [-0.05, 0) is 31.5 Å². The molecule has 1 atom stereocenters. The second-order valence-electron chi connectivity index (χ2n) is 4.17. The first-order valence-corrected chi connectivity index (χ1v) is 5.65. The quantitative estimate of drug-likeness (QED) is 0.804. The van der Waals surface area contributed by atoms with E-state index < -0.39 is 0 Å². The fourth-order valence-electron chi connectivity index (χ4n) is 2.05. The standard InChI is InChI=1S/C12H18N2O/c15-12-5-3-8-14(10-12)9-6-11-4-1-2-7-13-11/h1-2,4,7,12,15H,3,5-6,8-10H2/t12-/m0/s1. The Morgan fingerprint density at radius 2 is 2.40 bits per heavy atom. The zero-order chi connectivity index (χ0) is 10.5. The number of β-amino-alcohol motifs (C(OH)–C–C–N with tert-alkyl or cyclic N) is 1. The number of rotatable bonds is 3. The maximum atomic E-state index is 9.52. The van der Waals surface area contributed by atoms with E-state index in [1.165, 1.54) is 0 Å². The molecule has 0 aromatic carbocycles. The highest BCUT2D eigenvalue weighted by molar-refractivity contribution is 5.03. The van der Waals surface area contributed by atoms with E-state index >= 15 is 0 Å². The Kier molecular flexibility index (Phi) is 3.69. The summed E-state index contributed by atoms with van der Waals surface area (Å²) in [4.78, 5) is 6.62. The Balaban J connectivity index is 1.78. The van der Waals surface area contributed by atoms with E-state index in [1.54, 1.807) is 0 Å². The van der Waals surface area contributed by atoms with Gasteiger partial charge in [0.2, 0.25) is 0 Å². The summed E-state index contributed by atoms with van der Waals surface area (Å²) in [7, 11) is 0. The average molecular weight is 206 g/mol. The molecule has 3 heteroatoms. The fraction of sp³-hybridized carbons (Fsp3) is 0.583. The molecular weight excluding hydrogens is 188 g/mol. The lowest BCUT2D eigenvalue weighted by atomic mass is 10.1. The van der Waals surface area contributed by atoms with E-state index in [1.807, 2.05) is 18.3 Å². The summed E-state index contributed by atoms with van der Waals surface area (Å²) in [5.74, 6) is 0. The van der Waals surface area contributed by atoms with Gasteiger partial charge in [-0.1, -0.05) is 6.07 Å². The Hall–Kier alpha value is -0.930. The third-order valence-corrected chi connectivity index (χ3v) is 2.89. The van der Waals surface area contributed by atoms with Gasteiger partial charge in [0.05, 0.1) is 6.10 Å². The number of hydrogen-bond donors (Lipinski definition) is 1. The van der Waals surface area contributed by atoms with Gasteiger partial charge in [0.1, 0.15) is 0 Å². The Morgan fingerprint density at radius 3 is 3.13 bits per heavy atom. The van der Waals surface area contributed by atoms with E-state index in [-0.39, 0.29) is 6.10 Å². The minimum absolute atomic E-state index is 0.123. The first kappa shape index (κ1) is 10.6. The van der Waals surface area contributed by atoms with Crippen LogP contribution in [0.4, 0.5) is 0 Å². The summed E-state index contributed by atoms with van der Waals surface area (Å²) in [6.45, 7) is 2.95. The van der Waals surface area contributed by atoms with Gasteiger partial charge in [-0.15, -0.1) is 0 Å². The lowest BCUT2D eigenvalue weighted by Gasteiger charge is -2.29. The maximum Gasteiger partial charge on any atom is 0.0667 e. The van der Waals surface area contributed by atoms with Gasteiger partial charge in [-0.3, -0.25) is 4.98 Å². The van der Waals surface area contributed by atoms with Crippen molar-refractivity contribution in [3.63, 3.8) is 0 Å². The molecule has 2 rings (SSSR count). The SMILES string of the molecule is O[C@H]1CCCN(CCc2ccccn2)C1. The molecule has 0 radical (unpaired) electrons. The van der Waals surface area contributed by atoms with Gasteiger partial charge in [0.25, 0.3) is 0 Å². The lowest BCUT2D eigenvalue weighted by Crippen LogP contribution is -2.39. The van der Waals surface area contributed by atoms with Gasteiger partial charge in [-0.2, -0.15) is 0 Å². The normalized spacial score (nSPS) is 22.9. The second-order valence-corrected chi connectivity index (χ2v) is 4.17. The molecule has 0 spiro atoms. The van der Waals surface area contributed by atoms with Gasteiger partial charge in [0, 0.05) is 31.4 Å². The van der Waals surface area contributed by atoms with Crippen LogP contribution in [0, 0.1) is 0 Å². The van der Waals surface area contributed by atoms with Crippen LogP contribution in [0.3, 0.4) is 0 Å². The number of aliphatic hydroxyl groups is 1. The first-order chi connectivity index (χ1) is 7.34. The molecule has 1 aromatic heterocycles. The summed E-state index contributed by atoms with van der Waals surface area (Å²) in [6, 6.07) is 6.02. The summed E-state index contributed by atoms with van der Waals surface area (Å²) in [5, 5.41) is 9.52. The molecule has 1 N–H and O–H groups in total. The summed E-state index contributed by atoms with van der Waals surface area (Å²) in [5.41, 5.74) is 1.14. The molecule has 0 unspecified atom stereocenters. The molecule has 1 aliphatic rings. The van der Waals surface area contributed by atoms with Gasteiger partial charge >= 0.3 is 0 Å². The Bertz CT molecular complexity index is 289. The van der Waals surface area contributed by atoms with Crippen LogP contribution in [0.5, 0.6) is 0 Å². The van der Waals surface area contributed by atoms with Crippen LogP contribution in [0.15, 0.2) is 24.4 Å². The zero-order valence-electron chi connectivity index (χ0n) is 8.97. The van der Waals surface area contributed by atoms with Crippen molar-refractivity contribution in [3.8, 4) is 0 Å². The van der Waals surface area contributed by atoms with Crippen LogP contribution in [0.1, 0.15) is 18.5 Å². The molecule has 1 saturated heterocycles. The number of piperidine rings is 1. The van der Waals surface area contributed by atoms with Crippen LogP contribution in [-0.2, 0) is 6.42 Å². The number of pyridine rings is 1. The molecule has 0 saturated carbocycles. The van der Waals surface area contributed by atoms with Crippen molar-refractivity contribution in [2.24, 2.45) is 0 Å². The van der Waals surface area contributed by atoms with Crippen LogP contribution in [-0.4, -0.2) is 40.7 Å². The highest BCUT2D eigenvalue weighted by atomic mass is 16.3. The summed E-state index contributed by atoms with van der Waals surface area (Å²) < 4.78 is 0. The van der Waals surface area contributed by atoms with Crippen LogP contribution in [0.2, 0.25) is 0 Å². The highest BCUT2D eigenvalue weighted by Gasteiger charge is 2.16. The van der Waals surface area contributed by atoms with Crippen LogP contribution >= 0.6 is 0 Å². The van der Waals surface area contributed by atoms with Crippen molar-refractivity contribution >= 4 is 0 Å². The van der Waals surface area contributed by atoms with Crippen LogP contribution < -0.4 is 0 Å². The van der Waals surface area contributed by atoms with Gasteiger partial charge in [0.15, 0.2) is 0 Å². The topological polar surface area (TPSA) is 36.4 Å². The molecule has 15 heavy (non-hydrogen) atoms. The first-order valence-electron chi connectivity index (χ1n) is 5.65. The molecule has 82 valence electrons. The van der Waals surface area contributed by atoms with Crippen molar-refractivity contribution < 1.29 is 5.11 Å². The van der Waals surface area contributed by atoms with Gasteiger partial charge < -0.3 is 10.0 Å². The zero-order valence-corrected chi connectivity index (χ0v) is 8.97.